The van der Waals surface area contributed by atoms with Gasteiger partial charge in [-0.05, 0) is 52.5 Å². The highest BCUT2D eigenvalue weighted by molar-refractivity contribution is 7.26. The molecule has 50 heavy (non-hydrogen) atoms. The third kappa shape index (κ3) is 4.71. The van der Waals surface area contributed by atoms with Crippen LogP contribution in [0.3, 0.4) is 0 Å². The molecular weight excluding hydrogens is 631 g/mol. The minimum Gasteiger partial charge on any atom is -0.456 e. The minimum atomic E-state index is -0.548. The lowest BCUT2D eigenvalue weighted by atomic mass is 9.92. The van der Waals surface area contributed by atoms with Crippen LogP contribution in [-0.2, 0) is 0 Å². The van der Waals surface area contributed by atoms with Crippen LogP contribution >= 0.6 is 11.3 Å². The molecule has 3 heterocycles. The molecule has 0 fully saturated rings. The summed E-state index contributed by atoms with van der Waals surface area (Å²) in [5, 5.41) is 1.40. The van der Waals surface area contributed by atoms with E-state index >= 15 is 0 Å². The number of para-hydroxylation sites is 1. The maximum absolute atomic E-state index is 9.86. The van der Waals surface area contributed by atoms with Crippen molar-refractivity contribution < 1.29 is 18.1 Å². The summed E-state index contributed by atoms with van der Waals surface area (Å²) in [4.78, 5) is 14.8. The first-order valence-electron chi connectivity index (χ1n) is 20.8. The van der Waals surface area contributed by atoms with Gasteiger partial charge >= 0.3 is 0 Å². The van der Waals surface area contributed by atoms with Gasteiger partial charge in [-0.2, -0.15) is 0 Å². The molecule has 10 rings (SSSR count). The number of rotatable bonds is 5. The number of hydrogen-bond donors (Lipinski definition) is 0. The molecule has 0 aliphatic heterocycles. The van der Waals surface area contributed by atoms with Crippen LogP contribution in [0.5, 0.6) is 0 Å². The van der Waals surface area contributed by atoms with Crippen LogP contribution in [0.15, 0.2) is 168 Å². The number of hydrogen-bond acceptors (Lipinski definition) is 5. The lowest BCUT2D eigenvalue weighted by Gasteiger charge is -2.10. The molecular formula is C45H27N3OS. The van der Waals surface area contributed by atoms with Gasteiger partial charge in [-0.1, -0.05) is 133 Å². The van der Waals surface area contributed by atoms with Crippen molar-refractivity contribution in [3.63, 3.8) is 0 Å². The Bertz CT molecular complexity index is 3390. The number of thiophene rings is 1. The second-order valence-electron chi connectivity index (χ2n) is 11.6. The van der Waals surface area contributed by atoms with E-state index in [-0.39, 0.29) is 56.8 Å². The first-order valence-corrected chi connectivity index (χ1v) is 16.6. The zero-order valence-electron chi connectivity index (χ0n) is 36.0. The molecule has 10 aromatic rings. The predicted molar refractivity (Wildman–Crippen MR) is 207 cm³/mol. The van der Waals surface area contributed by atoms with E-state index in [0.717, 1.165) is 31.5 Å². The summed E-state index contributed by atoms with van der Waals surface area (Å²) in [7, 11) is 0. The standard InChI is InChI=1S/C45H27N3OS/c1-4-14-28(15-5-1)36-26-31(27-38-40(36)33-20-10-11-24-37(33)49-38)32-21-13-25-39-41(32)34-22-12-23-35(42(34)50-39)45-47-43(29-16-6-2-7-17-29)46-44(48-45)30-18-8-3-9-19-30/h1-27H/i1D,4D,5D,10D,11D,14D,20D,24D,26D,27D. The van der Waals surface area contributed by atoms with Gasteiger partial charge in [0.2, 0.25) is 0 Å². The van der Waals surface area contributed by atoms with Gasteiger partial charge in [0, 0.05) is 47.6 Å². The van der Waals surface area contributed by atoms with E-state index in [0.29, 0.717) is 28.4 Å². The average Bonchev–Trinajstić information content (AvgIpc) is 3.87. The van der Waals surface area contributed by atoms with Crippen LogP contribution in [-0.4, -0.2) is 15.0 Å². The summed E-state index contributed by atoms with van der Waals surface area (Å²) in [6.07, 6.45) is 0. The molecule has 0 atom stereocenters. The normalized spacial score (nSPS) is 14.4. The van der Waals surface area contributed by atoms with Crippen molar-refractivity contribution in [1.29, 1.82) is 0 Å². The van der Waals surface area contributed by atoms with Crippen molar-refractivity contribution in [3.05, 3.63) is 164 Å². The van der Waals surface area contributed by atoms with Gasteiger partial charge in [0.25, 0.3) is 0 Å². The summed E-state index contributed by atoms with van der Waals surface area (Å²) in [6.45, 7) is 0. The zero-order chi connectivity index (χ0) is 41.7. The highest BCUT2D eigenvalue weighted by Gasteiger charge is 2.20. The van der Waals surface area contributed by atoms with Crippen molar-refractivity contribution in [1.82, 2.24) is 15.0 Å². The third-order valence-electron chi connectivity index (χ3n) is 8.62. The average molecular weight is 668 g/mol. The van der Waals surface area contributed by atoms with E-state index < -0.39 is 42.3 Å². The molecule has 7 aromatic carbocycles. The van der Waals surface area contributed by atoms with Gasteiger partial charge in [-0.25, -0.2) is 15.0 Å². The van der Waals surface area contributed by atoms with Gasteiger partial charge in [0.05, 0.1) is 13.7 Å². The Morgan fingerprint density at radius 2 is 1.16 bits per heavy atom. The molecule has 0 amide bonds. The van der Waals surface area contributed by atoms with Gasteiger partial charge in [-0.15, -0.1) is 11.3 Å². The number of furan rings is 1. The highest BCUT2D eigenvalue weighted by atomic mass is 32.1. The van der Waals surface area contributed by atoms with E-state index in [1.807, 2.05) is 91.0 Å². The fraction of sp³-hybridized carbons (Fsp3) is 0. The van der Waals surface area contributed by atoms with E-state index in [1.165, 1.54) is 17.4 Å². The van der Waals surface area contributed by atoms with E-state index in [2.05, 4.69) is 0 Å². The summed E-state index contributed by atoms with van der Waals surface area (Å²) < 4.78 is 95.9. The monoisotopic (exact) mass is 667 g/mol. The molecule has 0 unspecified atom stereocenters. The minimum absolute atomic E-state index is 0.0105. The molecule has 0 bridgehead atoms. The molecule has 3 aromatic heterocycles. The Hall–Kier alpha value is -6.43. The summed E-state index contributed by atoms with van der Waals surface area (Å²) in [5.41, 5.74) is 2.46. The number of aromatic nitrogens is 3. The highest BCUT2D eigenvalue weighted by Crippen LogP contribution is 2.46. The van der Waals surface area contributed by atoms with Crippen molar-refractivity contribution in [3.8, 4) is 56.4 Å². The smallest absolute Gasteiger partial charge is 0.165 e. The van der Waals surface area contributed by atoms with E-state index in [9.17, 15) is 2.74 Å². The van der Waals surface area contributed by atoms with Crippen molar-refractivity contribution in [2.75, 3.05) is 0 Å². The van der Waals surface area contributed by atoms with E-state index in [4.69, 9.17) is 30.3 Å². The van der Waals surface area contributed by atoms with Crippen LogP contribution < -0.4 is 0 Å². The van der Waals surface area contributed by atoms with Crippen molar-refractivity contribution in [2.45, 2.75) is 0 Å². The van der Waals surface area contributed by atoms with Crippen LogP contribution in [0, 0.1) is 0 Å². The Labute approximate surface area is 306 Å². The Balaban J connectivity index is 1.29. The van der Waals surface area contributed by atoms with Crippen LogP contribution in [0.4, 0.5) is 0 Å². The fourth-order valence-corrected chi connectivity index (χ4v) is 7.63. The lowest BCUT2D eigenvalue weighted by Crippen LogP contribution is -2.00. The first kappa shape index (κ1) is 20.2. The number of fused-ring (bicyclic) bond motifs is 6. The maximum atomic E-state index is 9.86. The quantitative estimate of drug-likeness (QED) is 0.183. The Morgan fingerprint density at radius 3 is 1.96 bits per heavy atom. The molecule has 0 saturated carbocycles. The fourth-order valence-electron chi connectivity index (χ4n) is 6.39. The molecule has 4 nitrogen and oxygen atoms in total. The van der Waals surface area contributed by atoms with Gasteiger partial charge in [0.15, 0.2) is 17.5 Å². The number of benzene rings is 7. The van der Waals surface area contributed by atoms with Gasteiger partial charge in [0.1, 0.15) is 11.2 Å². The zero-order valence-corrected chi connectivity index (χ0v) is 26.8. The van der Waals surface area contributed by atoms with Gasteiger partial charge in [-0.3, -0.25) is 0 Å². The second kappa shape index (κ2) is 11.6. The SMILES string of the molecule is [2H]c1cc(-c2c([2H])c(-c3cccc4sc5c(-c6nc(-c7ccccc7)nc(-c7ccccc7)n6)cccc5c34)c([2H])c3oc4c([2H])c([2H])c([2H])c([2H])c4c23)c([2H])c([2H])c1[2H]. The predicted octanol–water partition coefficient (Wildman–Crippen LogP) is 12.5. The van der Waals surface area contributed by atoms with Crippen molar-refractivity contribution >= 4 is 53.4 Å². The molecule has 0 saturated heterocycles. The third-order valence-corrected chi connectivity index (χ3v) is 9.83. The summed E-state index contributed by atoms with van der Waals surface area (Å²) in [5.74, 6) is 1.46. The topological polar surface area (TPSA) is 51.8 Å². The Morgan fingerprint density at radius 1 is 0.460 bits per heavy atom. The lowest BCUT2D eigenvalue weighted by molar-refractivity contribution is 0.669. The van der Waals surface area contributed by atoms with Crippen LogP contribution in [0.1, 0.15) is 13.7 Å². The molecule has 0 radical (unpaired) electrons. The molecule has 0 aliphatic carbocycles. The van der Waals surface area contributed by atoms with Crippen LogP contribution in [0.25, 0.3) is 98.5 Å². The Kier molecular flexibility index (Phi) is 4.69. The molecule has 234 valence electrons. The second-order valence-corrected chi connectivity index (χ2v) is 12.6. The first-order chi connectivity index (χ1) is 28.9. The maximum Gasteiger partial charge on any atom is 0.165 e. The summed E-state index contributed by atoms with van der Waals surface area (Å²) >= 11 is 1.49. The van der Waals surface area contributed by atoms with Crippen LogP contribution in [0.2, 0.25) is 0 Å². The molecule has 5 heteroatoms. The van der Waals surface area contributed by atoms with Gasteiger partial charge < -0.3 is 4.42 Å². The van der Waals surface area contributed by atoms with E-state index in [1.54, 1.807) is 6.07 Å². The molecule has 0 N–H and O–H groups in total. The molecule has 0 aliphatic rings. The largest absolute Gasteiger partial charge is 0.456 e. The van der Waals surface area contributed by atoms with Crippen molar-refractivity contribution in [2.24, 2.45) is 0 Å². The summed E-state index contributed by atoms with van der Waals surface area (Å²) in [6, 6.07) is 27.5. The number of nitrogens with zero attached hydrogens (tertiary/aromatic N) is 3. The molecule has 0 spiro atoms.